The maximum Gasteiger partial charge on any atom is 0.0344 e. The molecule has 2 heteroatoms. The molecule has 2 aliphatic carbocycles. The highest BCUT2D eigenvalue weighted by molar-refractivity contribution is 5.37. The number of fused-ring (bicyclic) bond motifs is 1. The van der Waals surface area contributed by atoms with E-state index >= 15 is 0 Å². The van der Waals surface area contributed by atoms with Gasteiger partial charge in [0, 0.05) is 18.1 Å². The normalized spacial score (nSPS) is 28.7. The van der Waals surface area contributed by atoms with E-state index < -0.39 is 0 Å². The first-order valence-electron chi connectivity index (χ1n) is 7.95. The molecule has 104 valence electrons. The van der Waals surface area contributed by atoms with Gasteiger partial charge >= 0.3 is 0 Å². The van der Waals surface area contributed by atoms with E-state index in [2.05, 4.69) is 29.6 Å². The van der Waals surface area contributed by atoms with Crippen LogP contribution in [0, 0.1) is 0 Å². The van der Waals surface area contributed by atoms with Gasteiger partial charge in [-0.2, -0.15) is 0 Å². The van der Waals surface area contributed by atoms with Crippen molar-refractivity contribution in [1.29, 1.82) is 0 Å². The topological polar surface area (TPSA) is 38.0 Å². The first-order chi connectivity index (χ1) is 9.34. The summed E-state index contributed by atoms with van der Waals surface area (Å²) in [6.07, 6.45) is 10.8. The molecule has 1 aromatic carbocycles. The van der Waals surface area contributed by atoms with Crippen molar-refractivity contribution >= 4 is 0 Å². The van der Waals surface area contributed by atoms with Gasteiger partial charge in [0.25, 0.3) is 0 Å². The van der Waals surface area contributed by atoms with Gasteiger partial charge in [-0.1, -0.05) is 56.4 Å². The van der Waals surface area contributed by atoms with Crippen LogP contribution in [-0.4, -0.2) is 6.04 Å². The largest absolute Gasteiger partial charge is 0.324 e. The number of nitrogens with two attached hydrogens (primary N) is 1. The summed E-state index contributed by atoms with van der Waals surface area (Å²) in [6.45, 7) is 0. The Kier molecular flexibility index (Phi) is 4.19. The van der Waals surface area contributed by atoms with Gasteiger partial charge in [-0.15, -0.1) is 0 Å². The van der Waals surface area contributed by atoms with Crippen LogP contribution in [0.15, 0.2) is 24.3 Å². The molecule has 0 spiro atoms. The van der Waals surface area contributed by atoms with E-state index in [1.165, 1.54) is 56.1 Å². The van der Waals surface area contributed by atoms with Crippen LogP contribution in [0.5, 0.6) is 0 Å². The van der Waals surface area contributed by atoms with E-state index in [4.69, 9.17) is 5.73 Å². The molecular weight excluding hydrogens is 232 g/mol. The fraction of sp³-hybridized carbons (Fsp3) is 0.647. The third-order valence-corrected chi connectivity index (χ3v) is 4.80. The zero-order valence-electron chi connectivity index (χ0n) is 11.8. The third kappa shape index (κ3) is 3.01. The molecule has 2 unspecified atom stereocenters. The lowest BCUT2D eigenvalue weighted by atomic mass is 9.95. The van der Waals surface area contributed by atoms with E-state index in [-0.39, 0.29) is 6.04 Å². The molecular formula is C17H26N2. The summed E-state index contributed by atoms with van der Waals surface area (Å²) >= 11 is 0. The van der Waals surface area contributed by atoms with Gasteiger partial charge in [0.1, 0.15) is 0 Å². The van der Waals surface area contributed by atoms with Crippen LogP contribution >= 0.6 is 0 Å². The van der Waals surface area contributed by atoms with Crippen LogP contribution in [0.1, 0.15) is 74.6 Å². The number of benzene rings is 1. The highest BCUT2D eigenvalue weighted by Gasteiger charge is 2.29. The van der Waals surface area contributed by atoms with E-state index in [1.807, 2.05) is 0 Å². The van der Waals surface area contributed by atoms with Gasteiger partial charge in [-0.3, -0.25) is 0 Å². The second-order valence-corrected chi connectivity index (χ2v) is 6.23. The van der Waals surface area contributed by atoms with Crippen molar-refractivity contribution < 1.29 is 0 Å². The third-order valence-electron chi connectivity index (χ3n) is 4.80. The van der Waals surface area contributed by atoms with Crippen LogP contribution in [0.4, 0.5) is 0 Å². The number of hydrogen-bond donors (Lipinski definition) is 2. The van der Waals surface area contributed by atoms with Gasteiger partial charge in [0.2, 0.25) is 0 Å². The van der Waals surface area contributed by atoms with Crippen molar-refractivity contribution in [3.8, 4) is 0 Å². The predicted molar refractivity (Wildman–Crippen MR) is 80.0 cm³/mol. The Balaban J connectivity index is 1.67. The van der Waals surface area contributed by atoms with Crippen LogP contribution < -0.4 is 11.1 Å². The van der Waals surface area contributed by atoms with Crippen molar-refractivity contribution in [2.75, 3.05) is 0 Å². The summed E-state index contributed by atoms with van der Waals surface area (Å²) in [5.41, 5.74) is 9.05. The summed E-state index contributed by atoms with van der Waals surface area (Å²) in [5, 5.41) is 3.89. The van der Waals surface area contributed by atoms with Crippen LogP contribution in [0.2, 0.25) is 0 Å². The summed E-state index contributed by atoms with van der Waals surface area (Å²) < 4.78 is 0. The number of hydrogen-bond acceptors (Lipinski definition) is 2. The Hall–Kier alpha value is -0.860. The molecule has 2 atom stereocenters. The highest BCUT2D eigenvalue weighted by atomic mass is 15.0. The Labute approximate surface area is 116 Å². The lowest BCUT2D eigenvalue weighted by Crippen LogP contribution is -2.32. The molecule has 1 fully saturated rings. The molecule has 0 aromatic heterocycles. The Morgan fingerprint density at radius 1 is 0.895 bits per heavy atom. The molecule has 3 N–H and O–H groups in total. The van der Waals surface area contributed by atoms with Crippen LogP contribution in [0.3, 0.4) is 0 Å². The number of rotatable bonds is 2. The van der Waals surface area contributed by atoms with Gasteiger partial charge in [-0.25, -0.2) is 0 Å². The Morgan fingerprint density at radius 2 is 1.53 bits per heavy atom. The second kappa shape index (κ2) is 6.06. The maximum absolute atomic E-state index is 6.26. The minimum atomic E-state index is 0.224. The first-order valence-corrected chi connectivity index (χ1v) is 7.95. The lowest BCUT2D eigenvalue weighted by Gasteiger charge is -2.25. The van der Waals surface area contributed by atoms with E-state index in [0.29, 0.717) is 12.1 Å². The lowest BCUT2D eigenvalue weighted by molar-refractivity contribution is 0.347. The molecule has 0 amide bonds. The quantitative estimate of drug-likeness (QED) is 0.846. The van der Waals surface area contributed by atoms with Crippen molar-refractivity contribution in [1.82, 2.24) is 5.32 Å². The van der Waals surface area contributed by atoms with Gasteiger partial charge in [-0.05, 0) is 30.4 Å². The summed E-state index contributed by atoms with van der Waals surface area (Å²) in [4.78, 5) is 0. The van der Waals surface area contributed by atoms with Gasteiger partial charge < -0.3 is 11.1 Å². The van der Waals surface area contributed by atoms with Crippen molar-refractivity contribution in [3.05, 3.63) is 35.4 Å². The minimum absolute atomic E-state index is 0.224. The van der Waals surface area contributed by atoms with E-state index in [0.717, 1.165) is 6.42 Å². The van der Waals surface area contributed by atoms with Crippen LogP contribution in [0.25, 0.3) is 0 Å². The average Bonchev–Trinajstić information content (AvgIpc) is 2.70. The van der Waals surface area contributed by atoms with Crippen molar-refractivity contribution in [3.63, 3.8) is 0 Å². The fourth-order valence-electron chi connectivity index (χ4n) is 3.74. The van der Waals surface area contributed by atoms with E-state index in [1.54, 1.807) is 0 Å². The molecule has 19 heavy (non-hydrogen) atoms. The molecule has 3 rings (SSSR count). The molecule has 1 saturated carbocycles. The Bertz CT molecular complexity index is 407. The second-order valence-electron chi connectivity index (χ2n) is 6.23. The zero-order valence-corrected chi connectivity index (χ0v) is 11.8. The molecule has 2 aliphatic rings. The first kappa shape index (κ1) is 13.1. The van der Waals surface area contributed by atoms with Crippen LogP contribution in [-0.2, 0) is 0 Å². The fourth-order valence-corrected chi connectivity index (χ4v) is 3.74. The summed E-state index contributed by atoms with van der Waals surface area (Å²) in [6, 6.07) is 10.1. The Morgan fingerprint density at radius 3 is 2.26 bits per heavy atom. The smallest absolute Gasteiger partial charge is 0.0344 e. The summed E-state index contributed by atoms with van der Waals surface area (Å²) in [7, 11) is 0. The van der Waals surface area contributed by atoms with Gasteiger partial charge in [0.15, 0.2) is 0 Å². The minimum Gasteiger partial charge on any atom is -0.324 e. The summed E-state index contributed by atoms with van der Waals surface area (Å²) in [5.74, 6) is 0. The number of nitrogens with one attached hydrogen (secondary N) is 1. The average molecular weight is 258 g/mol. The maximum atomic E-state index is 6.26. The van der Waals surface area contributed by atoms with Gasteiger partial charge in [0.05, 0.1) is 0 Å². The highest BCUT2D eigenvalue weighted by Crippen LogP contribution is 2.37. The molecule has 0 heterocycles. The predicted octanol–water partition coefficient (Wildman–Crippen LogP) is 3.83. The molecule has 0 radical (unpaired) electrons. The van der Waals surface area contributed by atoms with Crippen molar-refractivity contribution in [2.24, 2.45) is 5.73 Å². The standard InChI is InChI=1S/C17H26N2/c18-16-12-17(15-11-7-6-10-14(15)16)19-13-8-4-2-1-3-5-9-13/h6-7,10-11,13,16-17,19H,1-5,8-9,12,18H2. The molecule has 0 aliphatic heterocycles. The SMILES string of the molecule is NC1CC(NC2CCCCCCC2)c2ccccc21. The molecule has 0 saturated heterocycles. The monoisotopic (exact) mass is 258 g/mol. The van der Waals surface area contributed by atoms with Crippen molar-refractivity contribution in [2.45, 2.75) is 69.5 Å². The molecule has 2 nitrogen and oxygen atoms in total. The van der Waals surface area contributed by atoms with E-state index in [9.17, 15) is 0 Å². The molecule has 1 aromatic rings. The zero-order chi connectivity index (χ0) is 13.1. The molecule has 0 bridgehead atoms.